The number of carbonyl (C=O) groups excluding carboxylic acids is 1. The molecule has 0 spiro atoms. The van der Waals surface area contributed by atoms with Gasteiger partial charge in [-0.1, -0.05) is 0 Å². The monoisotopic (exact) mass is 192 g/mol. The quantitative estimate of drug-likeness (QED) is 0.312. The maximum Gasteiger partial charge on any atom is 0.304 e. The molecule has 0 aromatic carbocycles. The summed E-state index contributed by atoms with van der Waals surface area (Å²) in [7, 11) is 1.61. The summed E-state index contributed by atoms with van der Waals surface area (Å²) in [6.45, 7) is 3.33. The molecule has 0 aromatic heterocycles. The molecule has 0 heterocycles. The van der Waals surface area contributed by atoms with Crippen LogP contribution in [0.15, 0.2) is 0 Å². The second-order valence-corrected chi connectivity index (χ2v) is 2.27. The first-order valence-electron chi connectivity index (χ1n) is 4.05. The van der Waals surface area contributed by atoms with Crippen molar-refractivity contribution in [2.75, 3.05) is 40.3 Å². The van der Waals surface area contributed by atoms with Gasteiger partial charge in [-0.25, -0.2) is 0 Å². The van der Waals surface area contributed by atoms with Crippen molar-refractivity contribution in [2.24, 2.45) is 0 Å². The van der Waals surface area contributed by atoms with E-state index in [2.05, 4.69) is 4.74 Å². The van der Waals surface area contributed by atoms with Gasteiger partial charge < -0.3 is 18.9 Å². The Morgan fingerprint density at radius 1 is 1.08 bits per heavy atom. The van der Waals surface area contributed by atoms with Crippen molar-refractivity contribution in [1.82, 2.24) is 0 Å². The zero-order valence-electron chi connectivity index (χ0n) is 8.08. The molecule has 0 amide bonds. The summed E-state index contributed by atoms with van der Waals surface area (Å²) < 4.78 is 19.3. The first-order valence-corrected chi connectivity index (χ1v) is 4.05. The van der Waals surface area contributed by atoms with Crippen molar-refractivity contribution >= 4 is 5.97 Å². The highest BCUT2D eigenvalue weighted by Crippen LogP contribution is 1.81. The Kier molecular flexibility index (Phi) is 8.97. The van der Waals surface area contributed by atoms with Gasteiger partial charge in [-0.3, -0.25) is 4.79 Å². The lowest BCUT2D eigenvalue weighted by Gasteiger charge is -2.04. The molecule has 0 bridgehead atoms. The predicted molar refractivity (Wildman–Crippen MR) is 45.3 cm³/mol. The van der Waals surface area contributed by atoms with Crippen LogP contribution in [0.25, 0.3) is 0 Å². The van der Waals surface area contributed by atoms with E-state index in [9.17, 15) is 4.79 Å². The Balaban J connectivity index is 2.87. The van der Waals surface area contributed by atoms with E-state index in [1.54, 1.807) is 7.11 Å². The normalized spacial score (nSPS) is 10.0. The molecule has 0 N–H and O–H groups in total. The molecule has 0 aromatic rings. The fourth-order valence-electron chi connectivity index (χ4n) is 0.546. The summed E-state index contributed by atoms with van der Waals surface area (Å²) in [5.41, 5.74) is 0. The molecule has 0 saturated heterocycles. The number of esters is 1. The van der Waals surface area contributed by atoms with Gasteiger partial charge in [-0.15, -0.1) is 0 Å². The van der Waals surface area contributed by atoms with Crippen LogP contribution in [0.2, 0.25) is 0 Å². The number of hydrogen-bond donors (Lipinski definition) is 0. The van der Waals surface area contributed by atoms with E-state index in [-0.39, 0.29) is 12.8 Å². The summed E-state index contributed by atoms with van der Waals surface area (Å²) in [6, 6.07) is 0. The van der Waals surface area contributed by atoms with Crippen LogP contribution in [0.4, 0.5) is 0 Å². The van der Waals surface area contributed by atoms with Gasteiger partial charge in [0.1, 0.15) is 0 Å². The van der Waals surface area contributed by atoms with Crippen LogP contribution in [0.3, 0.4) is 0 Å². The minimum Gasteiger partial charge on any atom is -0.439 e. The number of rotatable bonds is 8. The van der Waals surface area contributed by atoms with Gasteiger partial charge >= 0.3 is 5.97 Å². The molecule has 0 aliphatic rings. The number of ether oxygens (including phenoxy) is 4. The molecule has 0 unspecified atom stereocenters. The van der Waals surface area contributed by atoms with Crippen molar-refractivity contribution < 1.29 is 23.7 Å². The Labute approximate surface area is 77.9 Å². The largest absolute Gasteiger partial charge is 0.439 e. The topological polar surface area (TPSA) is 54.0 Å². The molecule has 0 aliphatic carbocycles. The summed E-state index contributed by atoms with van der Waals surface area (Å²) >= 11 is 0. The Bertz CT molecular complexity index is 126. The Morgan fingerprint density at radius 2 is 1.69 bits per heavy atom. The second kappa shape index (κ2) is 9.44. The molecule has 13 heavy (non-hydrogen) atoms. The Hall–Kier alpha value is -0.650. The van der Waals surface area contributed by atoms with Crippen LogP contribution in [-0.4, -0.2) is 46.3 Å². The summed E-state index contributed by atoms with van der Waals surface area (Å²) in [5.74, 6) is -0.347. The highest BCUT2D eigenvalue weighted by atomic mass is 16.7. The molecular weight excluding hydrogens is 176 g/mol. The average Bonchev–Trinajstić information content (AvgIpc) is 2.09. The Morgan fingerprint density at radius 3 is 2.31 bits per heavy atom. The molecule has 78 valence electrons. The number of methoxy groups -OCH3 is 1. The first-order chi connectivity index (χ1) is 6.27. The van der Waals surface area contributed by atoms with Crippen LogP contribution in [0.1, 0.15) is 6.92 Å². The van der Waals surface area contributed by atoms with Gasteiger partial charge in [0, 0.05) is 14.0 Å². The van der Waals surface area contributed by atoms with Gasteiger partial charge in [0.25, 0.3) is 0 Å². The van der Waals surface area contributed by atoms with E-state index in [4.69, 9.17) is 14.2 Å². The highest BCUT2D eigenvalue weighted by molar-refractivity contribution is 5.65. The van der Waals surface area contributed by atoms with Crippen LogP contribution in [0, 0.1) is 0 Å². The molecule has 0 saturated carbocycles. The van der Waals surface area contributed by atoms with Crippen LogP contribution < -0.4 is 0 Å². The molecule has 5 heteroatoms. The summed E-state index contributed by atoms with van der Waals surface area (Å²) in [6.07, 6.45) is 0. The van der Waals surface area contributed by atoms with Crippen LogP contribution in [0.5, 0.6) is 0 Å². The summed E-state index contributed by atoms with van der Waals surface area (Å²) in [4.78, 5) is 10.3. The minimum atomic E-state index is -0.347. The first kappa shape index (κ1) is 12.3. The number of hydrogen-bond acceptors (Lipinski definition) is 5. The average molecular weight is 192 g/mol. The van der Waals surface area contributed by atoms with Crippen LogP contribution in [-0.2, 0) is 23.7 Å². The van der Waals surface area contributed by atoms with E-state index < -0.39 is 0 Å². The highest BCUT2D eigenvalue weighted by Gasteiger charge is 1.92. The van der Waals surface area contributed by atoms with Crippen molar-refractivity contribution in [3.63, 3.8) is 0 Å². The molecule has 0 atom stereocenters. The van der Waals surface area contributed by atoms with Gasteiger partial charge in [-0.05, 0) is 0 Å². The van der Waals surface area contributed by atoms with Gasteiger partial charge in [0.2, 0.25) is 0 Å². The molecule has 0 radical (unpaired) electrons. The van der Waals surface area contributed by atoms with Gasteiger partial charge in [0.15, 0.2) is 6.79 Å². The zero-order chi connectivity index (χ0) is 9.94. The third kappa shape index (κ3) is 11.3. The maximum absolute atomic E-state index is 10.3. The smallest absolute Gasteiger partial charge is 0.304 e. The molecule has 5 nitrogen and oxygen atoms in total. The van der Waals surface area contributed by atoms with E-state index in [0.717, 1.165) is 0 Å². The molecule has 0 aliphatic heterocycles. The van der Waals surface area contributed by atoms with Gasteiger partial charge in [-0.2, -0.15) is 0 Å². The lowest BCUT2D eigenvalue weighted by Crippen LogP contribution is -2.11. The summed E-state index contributed by atoms with van der Waals surface area (Å²) in [5, 5.41) is 0. The van der Waals surface area contributed by atoms with Crippen LogP contribution >= 0.6 is 0 Å². The van der Waals surface area contributed by atoms with Crippen molar-refractivity contribution in [3.8, 4) is 0 Å². The van der Waals surface area contributed by atoms with Crippen molar-refractivity contribution in [1.29, 1.82) is 0 Å². The molecule has 0 rings (SSSR count). The van der Waals surface area contributed by atoms with E-state index >= 15 is 0 Å². The van der Waals surface area contributed by atoms with Crippen molar-refractivity contribution in [2.45, 2.75) is 6.92 Å². The van der Waals surface area contributed by atoms with Crippen molar-refractivity contribution in [3.05, 3.63) is 0 Å². The lowest BCUT2D eigenvalue weighted by molar-refractivity contribution is -0.154. The lowest BCUT2D eigenvalue weighted by atomic mass is 10.7. The third-order valence-electron chi connectivity index (χ3n) is 1.15. The maximum atomic E-state index is 10.3. The van der Waals surface area contributed by atoms with Gasteiger partial charge in [0.05, 0.1) is 26.4 Å². The van der Waals surface area contributed by atoms with E-state index in [1.165, 1.54) is 6.92 Å². The van der Waals surface area contributed by atoms with E-state index in [1.807, 2.05) is 0 Å². The standard InChI is InChI=1S/C8H16O5/c1-8(9)13-7-12-6-5-11-4-3-10-2/h3-7H2,1-2H3. The predicted octanol–water partition coefficient (Wildman–Crippen LogP) is 0.187. The SMILES string of the molecule is COCCOCCOCOC(C)=O. The fourth-order valence-corrected chi connectivity index (χ4v) is 0.546. The minimum absolute atomic E-state index is 0.0109. The zero-order valence-corrected chi connectivity index (χ0v) is 8.08. The second-order valence-electron chi connectivity index (χ2n) is 2.27. The fraction of sp³-hybridized carbons (Fsp3) is 0.875. The molecule has 0 fully saturated rings. The molecular formula is C8H16O5. The van der Waals surface area contributed by atoms with E-state index in [0.29, 0.717) is 26.4 Å². The third-order valence-corrected chi connectivity index (χ3v) is 1.15. The number of carbonyl (C=O) groups is 1.